The van der Waals surface area contributed by atoms with Gasteiger partial charge in [0.2, 0.25) is 0 Å². The van der Waals surface area contributed by atoms with E-state index in [-0.39, 0.29) is 5.56 Å². The average molecular weight is 547 g/mol. The van der Waals surface area contributed by atoms with Gasteiger partial charge in [-0.2, -0.15) is 5.10 Å². The summed E-state index contributed by atoms with van der Waals surface area (Å²) in [5.41, 5.74) is 4.82. The first-order valence-electron chi connectivity index (χ1n) is 12.6. The summed E-state index contributed by atoms with van der Waals surface area (Å²) in [6.45, 7) is 3.42. The van der Waals surface area contributed by atoms with Crippen molar-refractivity contribution in [3.8, 4) is 5.69 Å². The fourth-order valence-electron chi connectivity index (χ4n) is 4.49. The van der Waals surface area contributed by atoms with E-state index in [1.165, 1.54) is 6.33 Å². The molecule has 3 N–H and O–H groups in total. The van der Waals surface area contributed by atoms with Crippen LogP contribution < -0.4 is 10.6 Å². The van der Waals surface area contributed by atoms with Crippen LogP contribution in [0.3, 0.4) is 0 Å². The molecule has 1 atom stereocenters. The Morgan fingerprint density at radius 3 is 2.65 bits per heavy atom. The van der Waals surface area contributed by atoms with E-state index in [4.69, 9.17) is 5.10 Å². The van der Waals surface area contributed by atoms with Gasteiger partial charge >= 0.3 is 0 Å². The molecule has 2 aromatic carbocycles. The zero-order chi connectivity index (χ0) is 28.4. The summed E-state index contributed by atoms with van der Waals surface area (Å²) in [4.78, 5) is 28.0. The molecule has 5 rings (SSSR count). The number of aryl methyl sites for hydroxylation is 1. The van der Waals surface area contributed by atoms with Crippen LogP contribution in [-0.4, -0.2) is 69.2 Å². The molecule has 1 amide bonds. The van der Waals surface area contributed by atoms with Crippen LogP contribution >= 0.6 is 0 Å². The van der Waals surface area contributed by atoms with Crippen molar-refractivity contribution < 1.29 is 18.7 Å². The molecule has 1 aliphatic rings. The Bertz CT molecular complexity index is 1630. The van der Waals surface area contributed by atoms with E-state index in [2.05, 4.69) is 31.7 Å². The fraction of sp³-hybridized carbons (Fsp3) is 0.250. The summed E-state index contributed by atoms with van der Waals surface area (Å²) in [5, 5.41) is 21.2. The zero-order valence-corrected chi connectivity index (χ0v) is 22.2. The number of aliphatic imine (C=N–C) groups is 1. The number of benzene rings is 2. The van der Waals surface area contributed by atoms with Crippen molar-refractivity contribution >= 4 is 40.4 Å². The van der Waals surface area contributed by atoms with Gasteiger partial charge in [0.1, 0.15) is 34.7 Å². The van der Waals surface area contributed by atoms with Gasteiger partial charge in [-0.3, -0.25) is 4.79 Å². The third kappa shape index (κ3) is 5.58. The Kier molecular flexibility index (Phi) is 7.63. The zero-order valence-electron chi connectivity index (χ0n) is 22.2. The Morgan fingerprint density at radius 2 is 1.98 bits per heavy atom. The molecule has 2 aromatic heterocycles. The van der Waals surface area contributed by atoms with E-state index in [9.17, 15) is 18.7 Å². The molecular formula is C28H28F2N8O2. The van der Waals surface area contributed by atoms with Gasteiger partial charge in [0.15, 0.2) is 11.9 Å². The largest absolute Gasteiger partial charge is 0.378 e. The highest BCUT2D eigenvalue weighted by molar-refractivity contribution is 5.96. The van der Waals surface area contributed by atoms with Gasteiger partial charge in [-0.05, 0) is 66.9 Å². The third-order valence-corrected chi connectivity index (χ3v) is 6.36. The smallest absolute Gasteiger partial charge is 0.257 e. The molecule has 0 aliphatic carbocycles. The number of halogens is 2. The van der Waals surface area contributed by atoms with E-state index >= 15 is 0 Å². The predicted octanol–water partition coefficient (Wildman–Crippen LogP) is 3.67. The Balaban J connectivity index is 1.52. The molecule has 4 aromatic rings. The lowest BCUT2D eigenvalue weighted by atomic mass is 10.1. The number of nitrogens with one attached hydrogen (secondary N) is 2. The van der Waals surface area contributed by atoms with Gasteiger partial charge in [0.05, 0.1) is 12.0 Å². The van der Waals surface area contributed by atoms with Crippen LogP contribution in [0.2, 0.25) is 0 Å². The number of aliphatic hydroxyl groups excluding tert-OH is 1. The number of aliphatic hydroxyl groups is 1. The third-order valence-electron chi connectivity index (χ3n) is 6.36. The van der Waals surface area contributed by atoms with E-state index in [0.29, 0.717) is 34.3 Å². The van der Waals surface area contributed by atoms with Crippen LogP contribution in [0.5, 0.6) is 0 Å². The predicted molar refractivity (Wildman–Crippen MR) is 149 cm³/mol. The lowest BCUT2D eigenvalue weighted by Gasteiger charge is -2.14. The summed E-state index contributed by atoms with van der Waals surface area (Å²) >= 11 is 0. The molecule has 10 nitrogen and oxygen atoms in total. The van der Waals surface area contributed by atoms with Crippen LogP contribution in [0, 0.1) is 18.6 Å². The first-order chi connectivity index (χ1) is 19.2. The molecule has 0 spiro atoms. The Hall–Kier alpha value is -4.55. The van der Waals surface area contributed by atoms with Gasteiger partial charge in [-0.15, -0.1) is 0 Å². The van der Waals surface area contributed by atoms with Crippen LogP contribution in [0.1, 0.15) is 29.3 Å². The van der Waals surface area contributed by atoms with Crippen molar-refractivity contribution in [2.24, 2.45) is 4.99 Å². The number of amides is 1. The van der Waals surface area contributed by atoms with Crippen LogP contribution in [0.4, 0.5) is 20.3 Å². The Labute approximate surface area is 229 Å². The minimum absolute atomic E-state index is 0.183. The molecule has 0 bridgehead atoms. The van der Waals surface area contributed by atoms with Crippen LogP contribution in [0.15, 0.2) is 53.8 Å². The highest BCUT2D eigenvalue weighted by Gasteiger charge is 2.23. The second-order valence-electron chi connectivity index (χ2n) is 9.64. The number of nitrogens with zero attached hydrogens (tertiary/aromatic N) is 6. The molecule has 206 valence electrons. The minimum atomic E-state index is -1.75. The summed E-state index contributed by atoms with van der Waals surface area (Å²) in [5.74, 6) is -2.14. The van der Waals surface area contributed by atoms with Crippen LogP contribution in [0.25, 0.3) is 22.3 Å². The highest BCUT2D eigenvalue weighted by atomic mass is 19.1. The van der Waals surface area contributed by atoms with Gasteiger partial charge < -0.3 is 20.6 Å². The Morgan fingerprint density at radius 1 is 1.20 bits per heavy atom. The molecule has 40 heavy (non-hydrogen) atoms. The number of rotatable bonds is 7. The highest BCUT2D eigenvalue weighted by Crippen LogP contribution is 2.33. The normalized spacial score (nSPS) is 14.4. The summed E-state index contributed by atoms with van der Waals surface area (Å²) in [7, 11) is 3.73. The number of carbonyl (C=O) groups is 1. The molecule has 1 unspecified atom stereocenters. The van der Waals surface area contributed by atoms with Gasteiger partial charge in [-0.1, -0.05) is 6.08 Å². The number of hydrogen-bond donors (Lipinski definition) is 3. The first kappa shape index (κ1) is 27.0. The molecule has 3 heterocycles. The van der Waals surface area contributed by atoms with Crippen LogP contribution in [-0.2, 0) is 4.79 Å². The molecule has 0 fully saturated rings. The summed E-state index contributed by atoms with van der Waals surface area (Å²) in [6, 6.07) is 7.65. The molecule has 0 saturated carbocycles. The second kappa shape index (κ2) is 11.3. The quantitative estimate of drug-likeness (QED) is 0.239. The van der Waals surface area contributed by atoms with Gasteiger partial charge in [0.25, 0.3) is 5.91 Å². The van der Waals surface area contributed by atoms with E-state index in [0.717, 1.165) is 48.5 Å². The van der Waals surface area contributed by atoms with Crippen molar-refractivity contribution in [1.29, 1.82) is 0 Å². The fourth-order valence-corrected chi connectivity index (χ4v) is 4.49. The van der Waals surface area contributed by atoms with E-state index in [1.54, 1.807) is 34.1 Å². The molecule has 0 saturated heterocycles. The lowest BCUT2D eigenvalue weighted by molar-refractivity contribution is -0.124. The summed E-state index contributed by atoms with van der Waals surface area (Å²) < 4.78 is 28.9. The second-order valence-corrected chi connectivity index (χ2v) is 9.64. The molecular weight excluding hydrogens is 518 g/mol. The summed E-state index contributed by atoms with van der Waals surface area (Å²) in [6.07, 6.45) is 4.28. The number of hydrogen-bond acceptors (Lipinski definition) is 7. The standard InChI is InChI=1S/C28H28F2N8O2/c1-16-10-21(35-28(40)26(39)18-11-19(29)13-20(30)12-18)4-5-22(16)38-25-24(23(36-38)17-6-8-31-9-7-17)32-14-33-27(25)34-15-37(2)3/h4-6,10-15,26,31,39H,7-9H2,1-3H3,(H,35,40). The molecule has 0 radical (unpaired) electrons. The van der Waals surface area contributed by atoms with E-state index in [1.807, 2.05) is 21.0 Å². The monoisotopic (exact) mass is 546 g/mol. The number of fused-ring (bicyclic) bond motifs is 1. The topological polar surface area (TPSA) is 121 Å². The van der Waals surface area contributed by atoms with Crippen molar-refractivity contribution in [2.45, 2.75) is 19.4 Å². The number of anilines is 1. The molecule has 1 aliphatic heterocycles. The van der Waals surface area contributed by atoms with Gasteiger partial charge in [-0.25, -0.2) is 28.4 Å². The molecule has 12 heteroatoms. The maximum absolute atomic E-state index is 13.6. The minimum Gasteiger partial charge on any atom is -0.378 e. The number of aromatic nitrogens is 4. The van der Waals surface area contributed by atoms with Crippen molar-refractivity contribution in [2.75, 3.05) is 32.5 Å². The maximum Gasteiger partial charge on any atom is 0.257 e. The number of carbonyl (C=O) groups excluding carboxylic acids is 1. The van der Waals surface area contributed by atoms with Crippen molar-refractivity contribution in [3.63, 3.8) is 0 Å². The SMILES string of the molecule is Cc1cc(NC(=O)C(O)c2cc(F)cc(F)c2)ccc1-n1nc(C2=CCNCC2)c2ncnc(N=CN(C)C)c21. The first-order valence-corrected chi connectivity index (χ1v) is 12.6. The maximum atomic E-state index is 13.6. The lowest BCUT2D eigenvalue weighted by Crippen LogP contribution is -2.21. The average Bonchev–Trinajstić information content (AvgIpc) is 3.31. The van der Waals surface area contributed by atoms with Crippen molar-refractivity contribution in [3.05, 3.63) is 77.3 Å². The van der Waals surface area contributed by atoms with Crippen molar-refractivity contribution in [1.82, 2.24) is 30.0 Å². The van der Waals surface area contributed by atoms with Gasteiger partial charge in [0, 0.05) is 32.4 Å². The van der Waals surface area contributed by atoms with E-state index < -0.39 is 23.6 Å².